The van der Waals surface area contributed by atoms with E-state index in [9.17, 15) is 4.79 Å². The Balaban J connectivity index is 1.54. The molecule has 1 atom stereocenters. The summed E-state index contributed by atoms with van der Waals surface area (Å²) in [4.78, 5) is 19.5. The zero-order valence-electron chi connectivity index (χ0n) is 14.4. The number of rotatable bonds is 3. The zero-order chi connectivity index (χ0) is 17.2. The molecule has 4 rings (SSSR count). The maximum atomic E-state index is 13.1. The highest BCUT2D eigenvalue weighted by atomic mass is 16.2. The molecule has 3 aromatic rings. The molecule has 128 valence electrons. The Morgan fingerprint density at radius 1 is 1.32 bits per heavy atom. The minimum Gasteiger partial charge on any atom is -0.338 e. The lowest BCUT2D eigenvalue weighted by atomic mass is 9.92. The van der Waals surface area contributed by atoms with E-state index >= 15 is 0 Å². The predicted octanol–water partition coefficient (Wildman–Crippen LogP) is 3.36. The number of piperidine rings is 1. The first kappa shape index (κ1) is 15.8. The van der Waals surface area contributed by atoms with Crippen molar-refractivity contribution in [3.8, 4) is 0 Å². The van der Waals surface area contributed by atoms with E-state index in [1.54, 1.807) is 6.20 Å². The van der Waals surface area contributed by atoms with Crippen LogP contribution in [-0.2, 0) is 6.42 Å². The minimum absolute atomic E-state index is 0.115. The van der Waals surface area contributed by atoms with Crippen molar-refractivity contribution in [2.45, 2.75) is 26.2 Å². The molecule has 5 heteroatoms. The van der Waals surface area contributed by atoms with Crippen LogP contribution in [0.5, 0.6) is 0 Å². The molecular formula is C20H22N4O. The number of carbonyl (C=O) groups is 1. The maximum Gasteiger partial charge on any atom is 0.254 e. The van der Waals surface area contributed by atoms with Gasteiger partial charge in [-0.3, -0.25) is 14.9 Å². The van der Waals surface area contributed by atoms with E-state index < -0.39 is 0 Å². The van der Waals surface area contributed by atoms with Gasteiger partial charge in [-0.15, -0.1) is 0 Å². The van der Waals surface area contributed by atoms with Crippen molar-refractivity contribution in [3.05, 3.63) is 59.5 Å². The summed E-state index contributed by atoms with van der Waals surface area (Å²) in [5.74, 6) is 0.592. The van der Waals surface area contributed by atoms with E-state index in [0.717, 1.165) is 48.8 Å². The highest BCUT2D eigenvalue weighted by Gasteiger charge is 2.26. The van der Waals surface area contributed by atoms with E-state index in [4.69, 9.17) is 0 Å². The number of aromatic nitrogens is 3. The summed E-state index contributed by atoms with van der Waals surface area (Å²) in [6.07, 6.45) is 6.78. The summed E-state index contributed by atoms with van der Waals surface area (Å²) in [6, 6.07) is 9.64. The van der Waals surface area contributed by atoms with Gasteiger partial charge in [0.15, 0.2) is 0 Å². The summed E-state index contributed by atoms with van der Waals surface area (Å²) in [6.45, 7) is 3.70. The molecular weight excluding hydrogens is 312 g/mol. The maximum absolute atomic E-state index is 13.1. The summed E-state index contributed by atoms with van der Waals surface area (Å²) in [7, 11) is 0. The first-order valence-electron chi connectivity index (χ1n) is 8.84. The summed E-state index contributed by atoms with van der Waals surface area (Å²) >= 11 is 0. The molecule has 25 heavy (non-hydrogen) atoms. The van der Waals surface area contributed by atoms with Crippen LogP contribution in [0.25, 0.3) is 10.9 Å². The normalized spacial score (nSPS) is 17.8. The van der Waals surface area contributed by atoms with Gasteiger partial charge in [-0.2, -0.15) is 5.10 Å². The molecule has 3 heterocycles. The SMILES string of the molecule is Cc1cn[nH]c1CC1CCCN(C(=O)c2cccc3ncccc23)C1. The number of nitrogens with one attached hydrogen (secondary N) is 1. The Bertz CT molecular complexity index is 896. The number of hydrogen-bond acceptors (Lipinski definition) is 3. The number of nitrogens with zero attached hydrogens (tertiary/aromatic N) is 3. The average Bonchev–Trinajstić information content (AvgIpc) is 3.05. The second-order valence-corrected chi connectivity index (χ2v) is 6.87. The molecule has 2 aromatic heterocycles. The van der Waals surface area contributed by atoms with Crippen molar-refractivity contribution in [2.75, 3.05) is 13.1 Å². The van der Waals surface area contributed by atoms with Gasteiger partial charge in [-0.05, 0) is 55.9 Å². The van der Waals surface area contributed by atoms with E-state index in [1.807, 2.05) is 41.4 Å². The largest absolute Gasteiger partial charge is 0.338 e. The van der Waals surface area contributed by atoms with Gasteiger partial charge in [0, 0.05) is 35.9 Å². The second kappa shape index (κ2) is 6.67. The molecule has 0 spiro atoms. The molecule has 1 N–H and O–H groups in total. The molecule has 0 radical (unpaired) electrons. The Hall–Kier alpha value is -2.69. The predicted molar refractivity (Wildman–Crippen MR) is 97.4 cm³/mol. The molecule has 0 aliphatic carbocycles. The number of pyridine rings is 1. The third kappa shape index (κ3) is 3.14. The van der Waals surface area contributed by atoms with Crippen LogP contribution < -0.4 is 0 Å². The lowest BCUT2D eigenvalue weighted by Gasteiger charge is -2.33. The second-order valence-electron chi connectivity index (χ2n) is 6.87. The lowest BCUT2D eigenvalue weighted by Crippen LogP contribution is -2.40. The molecule has 1 aliphatic heterocycles. The van der Waals surface area contributed by atoms with Gasteiger partial charge in [0.2, 0.25) is 0 Å². The number of H-pyrrole nitrogens is 1. The molecule has 1 fully saturated rings. The van der Waals surface area contributed by atoms with Crippen LogP contribution in [0, 0.1) is 12.8 Å². The quantitative estimate of drug-likeness (QED) is 0.799. The highest BCUT2D eigenvalue weighted by molar-refractivity contribution is 6.06. The number of amides is 1. The van der Waals surface area contributed by atoms with E-state index in [1.165, 1.54) is 11.3 Å². The fourth-order valence-electron chi connectivity index (χ4n) is 3.74. The highest BCUT2D eigenvalue weighted by Crippen LogP contribution is 2.24. The smallest absolute Gasteiger partial charge is 0.254 e. The topological polar surface area (TPSA) is 61.9 Å². The fraction of sp³-hybridized carbons (Fsp3) is 0.350. The molecule has 0 saturated carbocycles. The fourth-order valence-corrected chi connectivity index (χ4v) is 3.74. The third-order valence-electron chi connectivity index (χ3n) is 5.11. The standard InChI is InChI=1S/C20H22N4O/c1-14-12-22-23-19(14)11-15-5-4-10-24(13-15)20(25)17-6-2-8-18-16(17)7-3-9-21-18/h2-3,6-9,12,15H,4-5,10-11,13H2,1H3,(H,22,23). The molecule has 1 aromatic carbocycles. The number of benzene rings is 1. The summed E-state index contributed by atoms with van der Waals surface area (Å²) in [5.41, 5.74) is 4.01. The van der Waals surface area contributed by atoms with Crippen LogP contribution in [0.1, 0.15) is 34.5 Å². The number of fused-ring (bicyclic) bond motifs is 1. The van der Waals surface area contributed by atoms with Gasteiger partial charge in [0.05, 0.1) is 11.7 Å². The van der Waals surface area contributed by atoms with Crippen LogP contribution in [0.4, 0.5) is 0 Å². The molecule has 1 unspecified atom stereocenters. The number of aryl methyl sites for hydroxylation is 1. The Labute approximate surface area is 147 Å². The minimum atomic E-state index is 0.115. The van der Waals surface area contributed by atoms with E-state index in [0.29, 0.717) is 5.92 Å². The van der Waals surface area contributed by atoms with Crippen molar-refractivity contribution < 1.29 is 4.79 Å². The van der Waals surface area contributed by atoms with Crippen molar-refractivity contribution >= 4 is 16.8 Å². The van der Waals surface area contributed by atoms with Crippen LogP contribution in [0.15, 0.2) is 42.7 Å². The van der Waals surface area contributed by atoms with Gasteiger partial charge in [0.25, 0.3) is 5.91 Å². The van der Waals surface area contributed by atoms with Crippen molar-refractivity contribution in [1.29, 1.82) is 0 Å². The Morgan fingerprint density at radius 3 is 3.08 bits per heavy atom. The number of aromatic amines is 1. The molecule has 1 aliphatic rings. The van der Waals surface area contributed by atoms with Crippen molar-refractivity contribution in [2.24, 2.45) is 5.92 Å². The van der Waals surface area contributed by atoms with Gasteiger partial charge in [0.1, 0.15) is 0 Å². The number of likely N-dealkylation sites (tertiary alicyclic amines) is 1. The van der Waals surface area contributed by atoms with Crippen LogP contribution in [-0.4, -0.2) is 39.1 Å². The Kier molecular flexibility index (Phi) is 4.22. The number of hydrogen-bond donors (Lipinski definition) is 1. The van der Waals surface area contributed by atoms with Gasteiger partial charge >= 0.3 is 0 Å². The average molecular weight is 334 g/mol. The van der Waals surface area contributed by atoms with E-state index in [2.05, 4.69) is 22.1 Å². The van der Waals surface area contributed by atoms with Crippen LogP contribution in [0.3, 0.4) is 0 Å². The summed E-state index contributed by atoms with van der Waals surface area (Å²) < 4.78 is 0. The molecule has 5 nitrogen and oxygen atoms in total. The van der Waals surface area contributed by atoms with Crippen molar-refractivity contribution in [1.82, 2.24) is 20.1 Å². The van der Waals surface area contributed by atoms with Gasteiger partial charge < -0.3 is 4.90 Å². The van der Waals surface area contributed by atoms with Gasteiger partial charge in [-0.25, -0.2) is 0 Å². The van der Waals surface area contributed by atoms with Gasteiger partial charge in [-0.1, -0.05) is 12.1 Å². The van der Waals surface area contributed by atoms with Crippen LogP contribution >= 0.6 is 0 Å². The lowest BCUT2D eigenvalue weighted by molar-refractivity contribution is 0.0674. The molecule has 1 amide bonds. The zero-order valence-corrected chi connectivity index (χ0v) is 14.4. The van der Waals surface area contributed by atoms with Crippen LogP contribution in [0.2, 0.25) is 0 Å². The molecule has 0 bridgehead atoms. The monoisotopic (exact) mass is 334 g/mol. The summed E-state index contributed by atoms with van der Waals surface area (Å²) in [5, 5.41) is 8.13. The van der Waals surface area contributed by atoms with Crippen molar-refractivity contribution in [3.63, 3.8) is 0 Å². The van der Waals surface area contributed by atoms with E-state index in [-0.39, 0.29) is 5.91 Å². The molecule has 1 saturated heterocycles. The third-order valence-corrected chi connectivity index (χ3v) is 5.11. The Morgan fingerprint density at radius 2 is 2.24 bits per heavy atom. The first-order chi connectivity index (χ1) is 12.2. The number of carbonyl (C=O) groups excluding carboxylic acids is 1. The first-order valence-corrected chi connectivity index (χ1v) is 8.84.